The van der Waals surface area contributed by atoms with Crippen LogP contribution < -0.4 is 0 Å². The van der Waals surface area contributed by atoms with Gasteiger partial charge in [0, 0.05) is 15.6 Å². The highest BCUT2D eigenvalue weighted by Gasteiger charge is 2.12. The third kappa shape index (κ3) is 4.04. The Morgan fingerprint density at radius 3 is 2.29 bits per heavy atom. The van der Waals surface area contributed by atoms with E-state index in [1.165, 1.54) is 16.9 Å². The van der Waals surface area contributed by atoms with E-state index in [0.29, 0.717) is 11.1 Å². The van der Waals surface area contributed by atoms with E-state index in [-0.39, 0.29) is 24.0 Å². The monoisotopic (exact) mass is 436 g/mol. The van der Waals surface area contributed by atoms with Gasteiger partial charge in [-0.05, 0) is 40.6 Å². The number of nitrogens with zero attached hydrogens (tertiary/aromatic N) is 4. The zero-order valence-corrected chi connectivity index (χ0v) is 16.2. The molecule has 138 valence electrons. The maximum Gasteiger partial charge on any atom is 0.205 e. The number of Topliss-reactive ketones (excluding diaryl/α,β-unsaturated/α-hetero) is 1. The number of tetrazole rings is 1. The first kappa shape index (κ1) is 18.2. The van der Waals surface area contributed by atoms with Crippen molar-refractivity contribution in [1.82, 2.24) is 20.2 Å². The van der Waals surface area contributed by atoms with E-state index in [0.717, 1.165) is 15.6 Å². The lowest BCUT2D eigenvalue weighted by Crippen LogP contribution is -2.13. The summed E-state index contributed by atoms with van der Waals surface area (Å²) in [6, 6.07) is 21.3. The normalized spacial score (nSPS) is 10.8. The van der Waals surface area contributed by atoms with Crippen LogP contribution in [0.4, 0.5) is 4.39 Å². The molecule has 3 aromatic carbocycles. The summed E-state index contributed by atoms with van der Waals surface area (Å²) in [5, 5.41) is 11.9. The minimum atomic E-state index is -0.379. The molecular formula is C21H14BrFN4O. The molecule has 0 spiro atoms. The lowest BCUT2D eigenvalue weighted by atomic mass is 10.0. The molecule has 1 aromatic heterocycles. The van der Waals surface area contributed by atoms with E-state index in [2.05, 4.69) is 31.3 Å². The summed E-state index contributed by atoms with van der Waals surface area (Å²) in [7, 11) is 0. The second kappa shape index (κ2) is 7.82. The van der Waals surface area contributed by atoms with Crippen LogP contribution in [0.1, 0.15) is 10.4 Å². The van der Waals surface area contributed by atoms with Crippen LogP contribution in [0.2, 0.25) is 0 Å². The summed E-state index contributed by atoms with van der Waals surface area (Å²) >= 11 is 3.42. The maximum absolute atomic E-state index is 13.3. The Balaban J connectivity index is 1.47. The van der Waals surface area contributed by atoms with Gasteiger partial charge in [0.1, 0.15) is 12.4 Å². The smallest absolute Gasteiger partial charge is 0.205 e. The molecule has 4 aromatic rings. The first-order chi connectivity index (χ1) is 13.6. The number of carbonyl (C=O) groups is 1. The molecule has 0 fully saturated rings. The highest BCUT2D eigenvalue weighted by atomic mass is 79.9. The molecule has 0 N–H and O–H groups in total. The summed E-state index contributed by atoms with van der Waals surface area (Å²) in [5.74, 6) is -0.237. The van der Waals surface area contributed by atoms with Crippen LogP contribution in [0.3, 0.4) is 0 Å². The molecule has 1 heterocycles. The van der Waals surface area contributed by atoms with Crippen molar-refractivity contribution in [3.8, 4) is 22.5 Å². The van der Waals surface area contributed by atoms with Crippen LogP contribution in [-0.4, -0.2) is 26.0 Å². The molecule has 5 nitrogen and oxygen atoms in total. The Bertz CT molecular complexity index is 1120. The van der Waals surface area contributed by atoms with E-state index in [9.17, 15) is 9.18 Å². The van der Waals surface area contributed by atoms with Crippen molar-refractivity contribution >= 4 is 21.7 Å². The lowest BCUT2D eigenvalue weighted by Gasteiger charge is -2.04. The van der Waals surface area contributed by atoms with Crippen LogP contribution in [0.25, 0.3) is 22.5 Å². The topological polar surface area (TPSA) is 60.7 Å². The fraction of sp³-hybridized carbons (Fsp3) is 0.0476. The molecule has 4 rings (SSSR count). The zero-order valence-electron chi connectivity index (χ0n) is 14.6. The van der Waals surface area contributed by atoms with Crippen molar-refractivity contribution in [3.05, 3.63) is 88.6 Å². The Morgan fingerprint density at radius 2 is 1.61 bits per heavy atom. The zero-order chi connectivity index (χ0) is 19.5. The number of halogens is 2. The number of benzene rings is 3. The van der Waals surface area contributed by atoms with Gasteiger partial charge < -0.3 is 0 Å². The average Bonchev–Trinajstić information content (AvgIpc) is 3.17. The maximum atomic E-state index is 13.3. The predicted molar refractivity (Wildman–Crippen MR) is 107 cm³/mol. The van der Waals surface area contributed by atoms with Crippen molar-refractivity contribution in [1.29, 1.82) is 0 Å². The van der Waals surface area contributed by atoms with Gasteiger partial charge in [0.15, 0.2) is 5.78 Å². The van der Waals surface area contributed by atoms with Crippen LogP contribution in [0.15, 0.2) is 77.3 Å². The van der Waals surface area contributed by atoms with Crippen LogP contribution in [0.5, 0.6) is 0 Å². The summed E-state index contributed by atoms with van der Waals surface area (Å²) in [6.07, 6.45) is 0. The minimum Gasteiger partial charge on any atom is -0.292 e. The molecular weight excluding hydrogens is 423 g/mol. The highest BCUT2D eigenvalue weighted by molar-refractivity contribution is 9.10. The van der Waals surface area contributed by atoms with Crippen LogP contribution in [0, 0.1) is 5.82 Å². The summed E-state index contributed by atoms with van der Waals surface area (Å²) in [6.45, 7) is -0.0417. The van der Waals surface area contributed by atoms with Crippen molar-refractivity contribution in [3.63, 3.8) is 0 Å². The van der Waals surface area contributed by atoms with Crippen molar-refractivity contribution in [2.24, 2.45) is 0 Å². The SMILES string of the molecule is O=C(Cn1nnc(-c2cccc(F)c2)n1)c1ccc(-c2ccc(Br)cc2)cc1. The van der Waals surface area contributed by atoms with E-state index in [1.54, 1.807) is 24.3 Å². The van der Waals surface area contributed by atoms with Gasteiger partial charge in [0.05, 0.1) is 0 Å². The lowest BCUT2D eigenvalue weighted by molar-refractivity contribution is 0.0961. The standard InChI is InChI=1S/C21H14BrFN4O/c22-18-10-8-15(9-11-18)14-4-6-16(7-5-14)20(28)13-27-25-21(24-26-27)17-2-1-3-19(23)12-17/h1-12H,13H2. The molecule has 0 radical (unpaired) electrons. The molecule has 28 heavy (non-hydrogen) atoms. The van der Waals surface area contributed by atoms with Gasteiger partial charge in [-0.3, -0.25) is 4.79 Å². The van der Waals surface area contributed by atoms with Gasteiger partial charge in [0.2, 0.25) is 5.82 Å². The van der Waals surface area contributed by atoms with E-state index < -0.39 is 0 Å². The second-order valence-corrected chi connectivity index (χ2v) is 7.08. The van der Waals surface area contributed by atoms with Gasteiger partial charge >= 0.3 is 0 Å². The largest absolute Gasteiger partial charge is 0.292 e. The number of ketones is 1. The van der Waals surface area contributed by atoms with Crippen LogP contribution in [-0.2, 0) is 6.54 Å². The summed E-state index contributed by atoms with van der Waals surface area (Å²) in [5.41, 5.74) is 3.17. The number of hydrogen-bond acceptors (Lipinski definition) is 4. The molecule has 0 atom stereocenters. The van der Waals surface area contributed by atoms with E-state index >= 15 is 0 Å². The first-order valence-corrected chi connectivity index (χ1v) is 9.31. The molecule has 0 aliphatic heterocycles. The highest BCUT2D eigenvalue weighted by Crippen LogP contribution is 2.22. The first-order valence-electron chi connectivity index (χ1n) is 8.51. The number of carbonyl (C=O) groups excluding carboxylic acids is 1. The van der Waals surface area contributed by atoms with Crippen molar-refractivity contribution in [2.75, 3.05) is 0 Å². The fourth-order valence-corrected chi connectivity index (χ4v) is 3.03. The second-order valence-electron chi connectivity index (χ2n) is 6.16. The molecule has 0 aliphatic rings. The number of hydrogen-bond donors (Lipinski definition) is 0. The molecule has 0 saturated heterocycles. The van der Waals surface area contributed by atoms with Gasteiger partial charge in [-0.1, -0.05) is 64.5 Å². The molecule has 0 saturated carbocycles. The third-order valence-electron chi connectivity index (χ3n) is 4.21. The predicted octanol–water partition coefficient (Wildman–Crippen LogP) is 4.79. The quantitative estimate of drug-likeness (QED) is 0.422. The average molecular weight is 437 g/mol. The summed E-state index contributed by atoms with van der Waals surface area (Å²) < 4.78 is 14.3. The molecule has 0 amide bonds. The number of rotatable bonds is 5. The molecule has 0 bridgehead atoms. The Morgan fingerprint density at radius 1 is 0.929 bits per heavy atom. The third-order valence-corrected chi connectivity index (χ3v) is 4.73. The van der Waals surface area contributed by atoms with Crippen molar-refractivity contribution in [2.45, 2.75) is 6.54 Å². The molecule has 7 heteroatoms. The Hall–Kier alpha value is -3.19. The van der Waals surface area contributed by atoms with Gasteiger partial charge in [-0.15, -0.1) is 10.2 Å². The Kier molecular flexibility index (Phi) is 5.08. The van der Waals surface area contributed by atoms with Crippen molar-refractivity contribution < 1.29 is 9.18 Å². The Labute approximate surface area is 169 Å². The molecule has 0 aliphatic carbocycles. The van der Waals surface area contributed by atoms with Gasteiger partial charge in [-0.25, -0.2) is 4.39 Å². The number of aromatic nitrogens is 4. The summed E-state index contributed by atoms with van der Waals surface area (Å²) in [4.78, 5) is 13.7. The van der Waals surface area contributed by atoms with Gasteiger partial charge in [0.25, 0.3) is 0 Å². The van der Waals surface area contributed by atoms with Gasteiger partial charge in [-0.2, -0.15) is 4.80 Å². The van der Waals surface area contributed by atoms with E-state index in [4.69, 9.17) is 0 Å². The fourth-order valence-electron chi connectivity index (χ4n) is 2.76. The van der Waals surface area contributed by atoms with Crippen LogP contribution >= 0.6 is 15.9 Å². The van der Waals surface area contributed by atoms with E-state index in [1.807, 2.05) is 36.4 Å². The molecule has 0 unspecified atom stereocenters. The minimum absolute atomic E-state index is 0.0417.